The van der Waals surface area contributed by atoms with E-state index >= 15 is 0 Å². The lowest BCUT2D eigenvalue weighted by Crippen LogP contribution is -2.41. The van der Waals surface area contributed by atoms with Gasteiger partial charge in [-0.2, -0.15) is 0 Å². The first-order valence-corrected chi connectivity index (χ1v) is 9.32. The molecule has 27 heavy (non-hydrogen) atoms. The molecule has 0 aliphatic carbocycles. The Labute approximate surface area is 160 Å². The Hall–Kier alpha value is -2.83. The zero-order valence-electron chi connectivity index (χ0n) is 16.5. The molecule has 0 bridgehead atoms. The van der Waals surface area contributed by atoms with Gasteiger partial charge in [0, 0.05) is 31.3 Å². The van der Waals surface area contributed by atoms with E-state index in [4.69, 9.17) is 4.52 Å². The van der Waals surface area contributed by atoms with Gasteiger partial charge < -0.3 is 20.5 Å². The van der Waals surface area contributed by atoms with Crippen LogP contribution in [0.15, 0.2) is 39.8 Å². The maximum atomic E-state index is 12.1. The summed E-state index contributed by atoms with van der Waals surface area (Å²) >= 11 is 0. The SMILES string of the molecule is CCNC(=NCc1cc(C(C)C)no1)NCCNC(=O)c1cccc(C)c1. The highest BCUT2D eigenvalue weighted by molar-refractivity contribution is 5.94. The number of benzene rings is 1. The molecule has 146 valence electrons. The highest BCUT2D eigenvalue weighted by atomic mass is 16.5. The number of nitrogens with one attached hydrogen (secondary N) is 3. The van der Waals surface area contributed by atoms with Crippen molar-refractivity contribution in [1.82, 2.24) is 21.1 Å². The summed E-state index contributed by atoms with van der Waals surface area (Å²) < 4.78 is 5.30. The first-order chi connectivity index (χ1) is 13.0. The van der Waals surface area contributed by atoms with Crippen LogP contribution in [-0.2, 0) is 6.54 Å². The van der Waals surface area contributed by atoms with Crippen molar-refractivity contribution in [2.24, 2.45) is 4.99 Å². The van der Waals surface area contributed by atoms with E-state index in [-0.39, 0.29) is 5.91 Å². The topological polar surface area (TPSA) is 91.6 Å². The van der Waals surface area contributed by atoms with Crippen molar-refractivity contribution in [3.8, 4) is 0 Å². The third kappa shape index (κ3) is 6.77. The molecule has 0 aliphatic heterocycles. The van der Waals surface area contributed by atoms with Crippen molar-refractivity contribution in [3.63, 3.8) is 0 Å². The van der Waals surface area contributed by atoms with Gasteiger partial charge in [0.2, 0.25) is 0 Å². The summed E-state index contributed by atoms with van der Waals surface area (Å²) in [5.41, 5.74) is 2.66. The van der Waals surface area contributed by atoms with Crippen molar-refractivity contribution in [1.29, 1.82) is 0 Å². The maximum absolute atomic E-state index is 12.1. The number of hydrogen-bond acceptors (Lipinski definition) is 4. The van der Waals surface area contributed by atoms with Crippen molar-refractivity contribution in [2.75, 3.05) is 19.6 Å². The van der Waals surface area contributed by atoms with E-state index in [2.05, 4.69) is 39.9 Å². The van der Waals surface area contributed by atoms with Crippen LogP contribution in [-0.4, -0.2) is 36.7 Å². The number of aromatic nitrogens is 1. The van der Waals surface area contributed by atoms with Gasteiger partial charge >= 0.3 is 0 Å². The molecule has 0 unspecified atom stereocenters. The third-order valence-electron chi connectivity index (χ3n) is 3.89. The molecule has 7 nitrogen and oxygen atoms in total. The molecule has 0 radical (unpaired) electrons. The Bertz CT molecular complexity index is 767. The van der Waals surface area contributed by atoms with Crippen LogP contribution in [0, 0.1) is 6.92 Å². The lowest BCUT2D eigenvalue weighted by molar-refractivity contribution is 0.0954. The van der Waals surface area contributed by atoms with Crippen LogP contribution in [0.25, 0.3) is 0 Å². The van der Waals surface area contributed by atoms with Gasteiger partial charge in [0.1, 0.15) is 6.54 Å². The number of carbonyl (C=O) groups is 1. The number of aryl methyl sites for hydroxylation is 1. The van der Waals surface area contributed by atoms with E-state index in [1.165, 1.54) is 0 Å². The first kappa shape index (κ1) is 20.5. The van der Waals surface area contributed by atoms with Crippen LogP contribution in [0.5, 0.6) is 0 Å². The molecule has 1 amide bonds. The number of rotatable bonds is 8. The summed E-state index contributed by atoms with van der Waals surface area (Å²) in [5, 5.41) is 13.3. The van der Waals surface area contributed by atoms with Crippen LogP contribution in [0.2, 0.25) is 0 Å². The summed E-state index contributed by atoms with van der Waals surface area (Å²) in [6, 6.07) is 9.46. The molecule has 0 fully saturated rings. The third-order valence-corrected chi connectivity index (χ3v) is 3.89. The van der Waals surface area contributed by atoms with E-state index in [9.17, 15) is 4.79 Å². The molecule has 1 aromatic heterocycles. The van der Waals surface area contributed by atoms with Crippen LogP contribution in [0.4, 0.5) is 0 Å². The molecule has 0 atom stereocenters. The van der Waals surface area contributed by atoms with Gasteiger partial charge in [0.05, 0.1) is 5.69 Å². The molecule has 0 spiro atoms. The van der Waals surface area contributed by atoms with E-state index in [0.717, 1.165) is 23.6 Å². The molecule has 0 saturated heterocycles. The molecule has 7 heteroatoms. The van der Waals surface area contributed by atoms with E-state index in [1.807, 2.05) is 44.2 Å². The second kappa shape index (κ2) is 10.4. The molecule has 2 rings (SSSR count). The molecule has 0 saturated carbocycles. The second-order valence-electron chi connectivity index (χ2n) is 6.62. The van der Waals surface area contributed by atoms with Crippen LogP contribution >= 0.6 is 0 Å². The normalized spacial score (nSPS) is 11.5. The fourth-order valence-corrected chi connectivity index (χ4v) is 2.42. The lowest BCUT2D eigenvalue weighted by Gasteiger charge is -2.11. The molecule has 3 N–H and O–H groups in total. The summed E-state index contributed by atoms with van der Waals surface area (Å²) in [4.78, 5) is 16.6. The van der Waals surface area contributed by atoms with Crippen LogP contribution in [0.3, 0.4) is 0 Å². The van der Waals surface area contributed by atoms with E-state index in [1.54, 1.807) is 0 Å². The molecular weight excluding hydrogens is 342 g/mol. The quantitative estimate of drug-likeness (QED) is 0.377. The number of amides is 1. The predicted octanol–water partition coefficient (Wildman–Crippen LogP) is 2.59. The minimum atomic E-state index is -0.0784. The predicted molar refractivity (Wildman–Crippen MR) is 107 cm³/mol. The van der Waals surface area contributed by atoms with Gasteiger partial charge in [0.25, 0.3) is 5.91 Å². The number of nitrogens with zero attached hydrogens (tertiary/aromatic N) is 2. The molecule has 2 aromatic rings. The fourth-order valence-electron chi connectivity index (χ4n) is 2.42. The van der Waals surface area contributed by atoms with Crippen molar-refractivity contribution in [3.05, 3.63) is 52.9 Å². The molecule has 1 heterocycles. The average Bonchev–Trinajstić information content (AvgIpc) is 3.12. The summed E-state index contributed by atoms with van der Waals surface area (Å²) in [6.07, 6.45) is 0. The van der Waals surface area contributed by atoms with Crippen molar-refractivity contribution in [2.45, 2.75) is 40.2 Å². The number of aliphatic imine (C=N–C) groups is 1. The van der Waals surface area contributed by atoms with Crippen molar-refractivity contribution < 1.29 is 9.32 Å². The molecule has 0 aliphatic rings. The Kier molecular flexibility index (Phi) is 7.85. The zero-order chi connectivity index (χ0) is 19.6. The Morgan fingerprint density at radius 1 is 1.19 bits per heavy atom. The lowest BCUT2D eigenvalue weighted by atomic mass is 10.1. The van der Waals surface area contributed by atoms with E-state index < -0.39 is 0 Å². The standard InChI is InChI=1S/C20H29N5O2/c1-5-21-20(24-13-17-12-18(14(2)3)25-27-17)23-10-9-22-19(26)16-8-6-7-15(4)11-16/h6-8,11-12,14H,5,9-10,13H2,1-4H3,(H,22,26)(H2,21,23,24). The molecule has 1 aromatic carbocycles. The van der Waals surface area contributed by atoms with E-state index in [0.29, 0.717) is 37.1 Å². The van der Waals surface area contributed by atoms with Gasteiger partial charge in [-0.15, -0.1) is 0 Å². The minimum absolute atomic E-state index is 0.0784. The fraction of sp³-hybridized carbons (Fsp3) is 0.450. The number of carbonyl (C=O) groups excluding carboxylic acids is 1. The van der Waals surface area contributed by atoms with Gasteiger partial charge in [-0.1, -0.05) is 36.7 Å². The Morgan fingerprint density at radius 3 is 2.63 bits per heavy atom. The highest BCUT2D eigenvalue weighted by Gasteiger charge is 2.08. The molecular formula is C20H29N5O2. The zero-order valence-corrected chi connectivity index (χ0v) is 16.5. The van der Waals surface area contributed by atoms with Crippen LogP contribution < -0.4 is 16.0 Å². The highest BCUT2D eigenvalue weighted by Crippen LogP contribution is 2.14. The monoisotopic (exact) mass is 371 g/mol. The number of guanidine groups is 1. The van der Waals surface area contributed by atoms with Gasteiger partial charge in [0.15, 0.2) is 11.7 Å². The minimum Gasteiger partial charge on any atom is -0.359 e. The largest absolute Gasteiger partial charge is 0.359 e. The Balaban J connectivity index is 1.80. The number of hydrogen-bond donors (Lipinski definition) is 3. The first-order valence-electron chi connectivity index (χ1n) is 9.32. The summed E-state index contributed by atoms with van der Waals surface area (Å²) in [6.45, 7) is 10.3. The van der Waals surface area contributed by atoms with Gasteiger partial charge in [-0.05, 0) is 31.9 Å². The van der Waals surface area contributed by atoms with Gasteiger partial charge in [-0.3, -0.25) is 4.79 Å². The summed E-state index contributed by atoms with van der Waals surface area (Å²) in [7, 11) is 0. The van der Waals surface area contributed by atoms with Gasteiger partial charge in [-0.25, -0.2) is 4.99 Å². The van der Waals surface area contributed by atoms with Crippen LogP contribution in [0.1, 0.15) is 54.1 Å². The second-order valence-corrected chi connectivity index (χ2v) is 6.62. The van der Waals surface area contributed by atoms with Crippen molar-refractivity contribution >= 4 is 11.9 Å². The summed E-state index contributed by atoms with van der Waals surface area (Å²) in [5.74, 6) is 1.65. The smallest absolute Gasteiger partial charge is 0.251 e. The Morgan fingerprint density at radius 2 is 1.96 bits per heavy atom. The average molecular weight is 371 g/mol. The maximum Gasteiger partial charge on any atom is 0.251 e.